The van der Waals surface area contributed by atoms with Crippen LogP contribution in [-0.2, 0) is 12.8 Å². The third kappa shape index (κ3) is 2.36. The Morgan fingerprint density at radius 2 is 1.70 bits per heavy atom. The summed E-state index contributed by atoms with van der Waals surface area (Å²) >= 11 is 0. The molecule has 0 heterocycles. The summed E-state index contributed by atoms with van der Waals surface area (Å²) in [6.07, 6.45) is 3.61. The SMILES string of the molecule is CNC(c1ccc(C)c(F)c1)c1ccc2c(c1)CCC2. The molecule has 0 aromatic heterocycles. The Kier molecular flexibility index (Phi) is 3.58. The zero-order valence-corrected chi connectivity index (χ0v) is 12.0. The number of fused-ring (bicyclic) bond motifs is 1. The maximum absolute atomic E-state index is 13.8. The maximum atomic E-state index is 13.8. The molecule has 2 aromatic rings. The molecule has 0 saturated heterocycles. The lowest BCUT2D eigenvalue weighted by Gasteiger charge is -2.19. The first-order valence-corrected chi connectivity index (χ1v) is 7.24. The van der Waals surface area contributed by atoms with Crippen molar-refractivity contribution in [1.29, 1.82) is 0 Å². The molecule has 0 aliphatic heterocycles. The average molecular weight is 269 g/mol. The Morgan fingerprint density at radius 1 is 1.00 bits per heavy atom. The van der Waals surface area contributed by atoms with Gasteiger partial charge in [-0.25, -0.2) is 4.39 Å². The molecule has 2 heteroatoms. The fourth-order valence-corrected chi connectivity index (χ4v) is 3.09. The predicted molar refractivity (Wildman–Crippen MR) is 80.5 cm³/mol. The van der Waals surface area contributed by atoms with E-state index in [1.807, 2.05) is 19.2 Å². The molecule has 0 amide bonds. The van der Waals surface area contributed by atoms with Crippen molar-refractivity contribution in [2.24, 2.45) is 0 Å². The van der Waals surface area contributed by atoms with Crippen molar-refractivity contribution in [2.75, 3.05) is 7.05 Å². The first-order valence-electron chi connectivity index (χ1n) is 7.24. The zero-order chi connectivity index (χ0) is 14.1. The van der Waals surface area contributed by atoms with E-state index in [1.165, 1.54) is 36.0 Å². The number of hydrogen-bond donors (Lipinski definition) is 1. The summed E-state index contributed by atoms with van der Waals surface area (Å²) in [4.78, 5) is 0. The topological polar surface area (TPSA) is 12.0 Å². The molecule has 0 fully saturated rings. The quantitative estimate of drug-likeness (QED) is 0.890. The van der Waals surface area contributed by atoms with Gasteiger partial charge in [-0.1, -0.05) is 30.3 Å². The van der Waals surface area contributed by atoms with Gasteiger partial charge >= 0.3 is 0 Å². The molecule has 1 nitrogen and oxygen atoms in total. The number of halogens is 1. The summed E-state index contributed by atoms with van der Waals surface area (Å²) < 4.78 is 13.8. The molecule has 2 aromatic carbocycles. The van der Waals surface area contributed by atoms with E-state index >= 15 is 0 Å². The van der Waals surface area contributed by atoms with E-state index in [9.17, 15) is 4.39 Å². The third-order valence-electron chi connectivity index (χ3n) is 4.27. The molecule has 1 atom stereocenters. The second-order valence-corrected chi connectivity index (χ2v) is 5.61. The molecule has 20 heavy (non-hydrogen) atoms. The second-order valence-electron chi connectivity index (χ2n) is 5.61. The second kappa shape index (κ2) is 5.37. The molecule has 3 rings (SSSR count). The number of rotatable bonds is 3. The first kappa shape index (κ1) is 13.3. The summed E-state index contributed by atoms with van der Waals surface area (Å²) in [6.45, 7) is 1.79. The highest BCUT2D eigenvalue weighted by Crippen LogP contribution is 2.29. The molecule has 0 bridgehead atoms. The Labute approximate surface area is 119 Å². The van der Waals surface area contributed by atoms with Crippen LogP contribution in [0.25, 0.3) is 0 Å². The largest absolute Gasteiger partial charge is 0.309 e. The van der Waals surface area contributed by atoms with Crippen molar-refractivity contribution in [3.63, 3.8) is 0 Å². The van der Waals surface area contributed by atoms with Gasteiger partial charge in [0.15, 0.2) is 0 Å². The summed E-state index contributed by atoms with van der Waals surface area (Å²) in [6, 6.07) is 12.2. The van der Waals surface area contributed by atoms with Crippen LogP contribution in [-0.4, -0.2) is 7.05 Å². The van der Waals surface area contributed by atoms with Gasteiger partial charge < -0.3 is 5.32 Å². The van der Waals surface area contributed by atoms with E-state index in [-0.39, 0.29) is 11.9 Å². The highest BCUT2D eigenvalue weighted by atomic mass is 19.1. The Bertz CT molecular complexity index is 633. The predicted octanol–water partition coefficient (Wildman–Crippen LogP) is 3.93. The normalized spacial score (nSPS) is 15.2. The standard InChI is InChI=1S/C18H20FN/c1-12-6-7-16(11-17(12)19)18(20-2)15-9-8-13-4-3-5-14(13)10-15/h6-11,18,20H,3-5H2,1-2H3. The minimum absolute atomic E-state index is 0.0519. The summed E-state index contributed by atoms with van der Waals surface area (Å²) in [5.74, 6) is -0.135. The number of hydrogen-bond acceptors (Lipinski definition) is 1. The van der Waals surface area contributed by atoms with Gasteiger partial charge in [0.25, 0.3) is 0 Å². The van der Waals surface area contributed by atoms with Crippen molar-refractivity contribution in [3.8, 4) is 0 Å². The highest BCUT2D eigenvalue weighted by molar-refractivity contribution is 5.40. The highest BCUT2D eigenvalue weighted by Gasteiger charge is 2.17. The molecular formula is C18H20FN. The van der Waals surface area contributed by atoms with E-state index in [1.54, 1.807) is 13.0 Å². The van der Waals surface area contributed by atoms with Crippen LogP contribution in [0.5, 0.6) is 0 Å². The fourth-order valence-electron chi connectivity index (χ4n) is 3.09. The molecule has 1 aliphatic carbocycles. The van der Waals surface area contributed by atoms with Gasteiger partial charge in [0.2, 0.25) is 0 Å². The first-order chi connectivity index (χ1) is 9.69. The van der Waals surface area contributed by atoms with Crippen molar-refractivity contribution in [2.45, 2.75) is 32.2 Å². The lowest BCUT2D eigenvalue weighted by molar-refractivity contribution is 0.608. The molecule has 1 aliphatic rings. The van der Waals surface area contributed by atoms with Gasteiger partial charge in [0, 0.05) is 0 Å². The Hall–Kier alpha value is -1.67. The summed E-state index contributed by atoms with van der Waals surface area (Å²) in [5, 5.41) is 3.31. The van der Waals surface area contributed by atoms with Crippen molar-refractivity contribution in [3.05, 3.63) is 70.0 Å². The van der Waals surface area contributed by atoms with Crippen LogP contribution in [0, 0.1) is 12.7 Å². The number of nitrogens with one attached hydrogen (secondary N) is 1. The number of benzene rings is 2. The van der Waals surface area contributed by atoms with Crippen LogP contribution in [0.3, 0.4) is 0 Å². The van der Waals surface area contributed by atoms with Crippen LogP contribution in [0.15, 0.2) is 36.4 Å². The van der Waals surface area contributed by atoms with E-state index in [0.29, 0.717) is 5.56 Å². The molecule has 0 saturated carbocycles. The van der Waals surface area contributed by atoms with Crippen molar-refractivity contribution in [1.82, 2.24) is 5.32 Å². The van der Waals surface area contributed by atoms with Gasteiger partial charge in [-0.3, -0.25) is 0 Å². The van der Waals surface area contributed by atoms with Crippen LogP contribution >= 0.6 is 0 Å². The summed E-state index contributed by atoms with van der Waals surface area (Å²) in [5.41, 5.74) is 5.82. The van der Waals surface area contributed by atoms with Crippen LogP contribution < -0.4 is 5.32 Å². The molecular weight excluding hydrogens is 249 g/mol. The van der Waals surface area contributed by atoms with E-state index in [4.69, 9.17) is 0 Å². The van der Waals surface area contributed by atoms with Crippen LogP contribution in [0.4, 0.5) is 4.39 Å². The third-order valence-corrected chi connectivity index (χ3v) is 4.27. The van der Waals surface area contributed by atoms with Gasteiger partial charge in [-0.2, -0.15) is 0 Å². The average Bonchev–Trinajstić information content (AvgIpc) is 2.91. The summed E-state index contributed by atoms with van der Waals surface area (Å²) in [7, 11) is 1.93. The van der Waals surface area contributed by atoms with Gasteiger partial charge in [0.05, 0.1) is 6.04 Å². The van der Waals surface area contributed by atoms with Crippen molar-refractivity contribution >= 4 is 0 Å². The van der Waals surface area contributed by atoms with Gasteiger partial charge in [0.1, 0.15) is 5.82 Å². The van der Waals surface area contributed by atoms with Gasteiger partial charge in [-0.15, -0.1) is 0 Å². The Balaban J connectivity index is 1.98. The molecule has 0 spiro atoms. The lowest BCUT2D eigenvalue weighted by atomic mass is 9.95. The zero-order valence-electron chi connectivity index (χ0n) is 12.0. The van der Waals surface area contributed by atoms with E-state index in [2.05, 4.69) is 23.5 Å². The number of aryl methyl sites for hydroxylation is 3. The molecule has 1 unspecified atom stereocenters. The van der Waals surface area contributed by atoms with E-state index in [0.717, 1.165) is 5.56 Å². The van der Waals surface area contributed by atoms with Crippen molar-refractivity contribution < 1.29 is 4.39 Å². The molecule has 0 radical (unpaired) electrons. The van der Waals surface area contributed by atoms with Crippen LogP contribution in [0.1, 0.15) is 40.3 Å². The van der Waals surface area contributed by atoms with Gasteiger partial charge in [-0.05, 0) is 67.1 Å². The fraction of sp³-hybridized carbons (Fsp3) is 0.333. The lowest BCUT2D eigenvalue weighted by Crippen LogP contribution is -2.18. The van der Waals surface area contributed by atoms with E-state index < -0.39 is 0 Å². The smallest absolute Gasteiger partial charge is 0.126 e. The Morgan fingerprint density at radius 3 is 2.45 bits per heavy atom. The minimum Gasteiger partial charge on any atom is -0.309 e. The van der Waals surface area contributed by atoms with Crippen LogP contribution in [0.2, 0.25) is 0 Å². The molecule has 104 valence electrons. The molecule has 1 N–H and O–H groups in total. The maximum Gasteiger partial charge on any atom is 0.126 e. The monoisotopic (exact) mass is 269 g/mol. The minimum atomic E-state index is -0.135.